The highest BCUT2D eigenvalue weighted by Gasteiger charge is 2.29. The summed E-state index contributed by atoms with van der Waals surface area (Å²) in [5.74, 6) is 0.813. The van der Waals surface area contributed by atoms with E-state index in [0.717, 1.165) is 12.8 Å². The Morgan fingerprint density at radius 1 is 1.45 bits per heavy atom. The minimum Gasteiger partial charge on any atom is -0.493 e. The van der Waals surface area contributed by atoms with Crippen LogP contribution in [0.15, 0.2) is 12.1 Å². The second-order valence-electron chi connectivity index (χ2n) is 4.81. The number of ether oxygens (including phenoxy) is 2. The zero-order valence-corrected chi connectivity index (χ0v) is 12.2. The summed E-state index contributed by atoms with van der Waals surface area (Å²) in [5.41, 5.74) is 0.371. The highest BCUT2D eigenvalue weighted by Crippen LogP contribution is 2.36. The van der Waals surface area contributed by atoms with Gasteiger partial charge in [-0.15, -0.1) is 0 Å². The number of aliphatic hydroxyl groups is 1. The van der Waals surface area contributed by atoms with Crippen LogP contribution in [0.3, 0.4) is 0 Å². The zero-order chi connectivity index (χ0) is 14.7. The maximum atomic E-state index is 12.0. The van der Waals surface area contributed by atoms with Crippen LogP contribution < -0.4 is 14.8 Å². The molecule has 1 aliphatic rings. The van der Waals surface area contributed by atoms with Crippen molar-refractivity contribution in [2.24, 2.45) is 5.92 Å². The van der Waals surface area contributed by atoms with E-state index in [0.29, 0.717) is 28.0 Å². The smallest absolute Gasteiger partial charge is 0.251 e. The van der Waals surface area contributed by atoms with Gasteiger partial charge in [0.05, 0.1) is 25.3 Å². The number of aliphatic hydroxyl groups excluding tert-OH is 1. The average molecular weight is 300 g/mol. The summed E-state index contributed by atoms with van der Waals surface area (Å²) in [4.78, 5) is 12.0. The minimum absolute atomic E-state index is 0.245. The molecule has 110 valence electrons. The van der Waals surface area contributed by atoms with Gasteiger partial charge in [-0.05, 0) is 30.9 Å². The highest BCUT2D eigenvalue weighted by atomic mass is 35.5. The number of benzene rings is 1. The number of amides is 1. The van der Waals surface area contributed by atoms with Crippen LogP contribution in [-0.2, 0) is 0 Å². The van der Waals surface area contributed by atoms with Crippen molar-refractivity contribution in [1.82, 2.24) is 5.32 Å². The van der Waals surface area contributed by atoms with Gasteiger partial charge in [0.1, 0.15) is 0 Å². The molecule has 1 saturated carbocycles. The molecule has 0 radical (unpaired) electrons. The minimum atomic E-state index is -0.477. The third kappa shape index (κ3) is 3.35. The van der Waals surface area contributed by atoms with Crippen LogP contribution in [0, 0.1) is 5.92 Å². The molecule has 0 bridgehead atoms. The van der Waals surface area contributed by atoms with Crippen LogP contribution in [0.1, 0.15) is 23.2 Å². The molecule has 5 nitrogen and oxygen atoms in total. The van der Waals surface area contributed by atoms with Crippen molar-refractivity contribution in [2.45, 2.75) is 18.9 Å². The van der Waals surface area contributed by atoms with Gasteiger partial charge in [0.25, 0.3) is 5.91 Å². The lowest BCUT2D eigenvalue weighted by Gasteiger charge is -2.13. The number of hydrogen-bond donors (Lipinski definition) is 2. The molecule has 1 atom stereocenters. The fourth-order valence-electron chi connectivity index (χ4n) is 2.00. The first kappa shape index (κ1) is 14.9. The summed E-state index contributed by atoms with van der Waals surface area (Å²) < 4.78 is 10.3. The van der Waals surface area contributed by atoms with Crippen molar-refractivity contribution in [3.05, 3.63) is 22.7 Å². The lowest BCUT2D eigenvalue weighted by atomic mass is 10.1. The summed E-state index contributed by atoms with van der Waals surface area (Å²) in [6, 6.07) is 3.07. The second kappa shape index (κ2) is 6.33. The normalized spacial score (nSPS) is 15.6. The van der Waals surface area contributed by atoms with Crippen LogP contribution in [0.4, 0.5) is 0 Å². The topological polar surface area (TPSA) is 67.8 Å². The largest absolute Gasteiger partial charge is 0.493 e. The molecule has 0 spiro atoms. The van der Waals surface area contributed by atoms with E-state index in [-0.39, 0.29) is 12.5 Å². The predicted octanol–water partition coefficient (Wildman–Crippen LogP) is 1.86. The molecule has 6 heteroatoms. The van der Waals surface area contributed by atoms with Crippen LogP contribution >= 0.6 is 11.6 Å². The SMILES string of the molecule is COc1cc(C(=O)NCC(O)C2CC2)cc(Cl)c1OC. The van der Waals surface area contributed by atoms with Crippen molar-refractivity contribution in [3.63, 3.8) is 0 Å². The Morgan fingerprint density at radius 3 is 2.70 bits per heavy atom. The Balaban J connectivity index is 2.07. The van der Waals surface area contributed by atoms with E-state index in [9.17, 15) is 9.90 Å². The van der Waals surface area contributed by atoms with Crippen LogP contribution in [0.2, 0.25) is 5.02 Å². The number of methoxy groups -OCH3 is 2. The molecule has 0 saturated heterocycles. The lowest BCUT2D eigenvalue weighted by molar-refractivity contribution is 0.0901. The average Bonchev–Trinajstić information content (AvgIpc) is 3.27. The fraction of sp³-hybridized carbons (Fsp3) is 0.500. The molecular formula is C14H18ClNO4. The van der Waals surface area contributed by atoms with Crippen molar-refractivity contribution < 1.29 is 19.4 Å². The van der Waals surface area contributed by atoms with Crippen LogP contribution in [-0.4, -0.2) is 37.9 Å². The van der Waals surface area contributed by atoms with E-state index in [2.05, 4.69) is 5.32 Å². The van der Waals surface area contributed by atoms with Gasteiger partial charge in [0.15, 0.2) is 11.5 Å². The summed E-state index contributed by atoms with van der Waals surface area (Å²) in [6.07, 6.45) is 1.58. The van der Waals surface area contributed by atoms with E-state index in [1.54, 1.807) is 6.07 Å². The summed E-state index contributed by atoms with van der Waals surface area (Å²) in [6.45, 7) is 0.245. The van der Waals surface area contributed by atoms with Gasteiger partial charge in [-0.2, -0.15) is 0 Å². The van der Waals surface area contributed by atoms with E-state index < -0.39 is 6.10 Å². The Labute approximate surface area is 122 Å². The Morgan fingerprint density at radius 2 is 2.15 bits per heavy atom. The summed E-state index contributed by atoms with van der Waals surface area (Å²) >= 11 is 6.05. The molecule has 0 aromatic heterocycles. The summed E-state index contributed by atoms with van der Waals surface area (Å²) in [7, 11) is 2.96. The molecule has 1 fully saturated rings. The zero-order valence-electron chi connectivity index (χ0n) is 11.5. The van der Waals surface area contributed by atoms with Crippen molar-refractivity contribution >= 4 is 17.5 Å². The maximum Gasteiger partial charge on any atom is 0.251 e. The second-order valence-corrected chi connectivity index (χ2v) is 5.22. The highest BCUT2D eigenvalue weighted by molar-refractivity contribution is 6.32. The molecule has 2 rings (SSSR count). The molecule has 1 aromatic carbocycles. The number of carbonyl (C=O) groups is 1. The predicted molar refractivity (Wildman–Crippen MR) is 75.6 cm³/mol. The Hall–Kier alpha value is -1.46. The molecular weight excluding hydrogens is 282 g/mol. The van der Waals surface area contributed by atoms with Gasteiger partial charge in [-0.25, -0.2) is 0 Å². The Bertz CT molecular complexity index is 502. The van der Waals surface area contributed by atoms with Crippen molar-refractivity contribution in [2.75, 3.05) is 20.8 Å². The van der Waals surface area contributed by atoms with Crippen LogP contribution in [0.25, 0.3) is 0 Å². The maximum absolute atomic E-state index is 12.0. The van der Waals surface area contributed by atoms with Gasteiger partial charge < -0.3 is 19.9 Å². The molecule has 2 N–H and O–H groups in total. The standard InChI is InChI=1S/C14H18ClNO4/c1-19-12-6-9(5-10(15)13(12)20-2)14(18)16-7-11(17)8-3-4-8/h5-6,8,11,17H,3-4,7H2,1-2H3,(H,16,18). The lowest BCUT2D eigenvalue weighted by Crippen LogP contribution is -2.33. The fourth-order valence-corrected chi connectivity index (χ4v) is 2.28. The van der Waals surface area contributed by atoms with E-state index in [1.807, 2.05) is 0 Å². The van der Waals surface area contributed by atoms with Crippen LogP contribution in [0.5, 0.6) is 11.5 Å². The molecule has 1 aliphatic carbocycles. The Kier molecular flexibility index (Phi) is 4.73. The first-order chi connectivity index (χ1) is 9.56. The van der Waals surface area contributed by atoms with Gasteiger partial charge in [0, 0.05) is 12.1 Å². The number of hydrogen-bond acceptors (Lipinski definition) is 4. The number of nitrogens with one attached hydrogen (secondary N) is 1. The third-order valence-corrected chi connectivity index (χ3v) is 3.61. The first-order valence-corrected chi connectivity index (χ1v) is 6.82. The van der Waals surface area contributed by atoms with Gasteiger partial charge >= 0.3 is 0 Å². The molecule has 1 unspecified atom stereocenters. The molecule has 0 heterocycles. The van der Waals surface area contributed by atoms with E-state index >= 15 is 0 Å². The van der Waals surface area contributed by atoms with E-state index in [1.165, 1.54) is 20.3 Å². The summed E-state index contributed by atoms with van der Waals surface area (Å²) in [5, 5.41) is 12.7. The van der Waals surface area contributed by atoms with Crippen molar-refractivity contribution in [3.8, 4) is 11.5 Å². The van der Waals surface area contributed by atoms with Gasteiger partial charge in [-0.1, -0.05) is 11.6 Å². The van der Waals surface area contributed by atoms with E-state index in [4.69, 9.17) is 21.1 Å². The molecule has 1 amide bonds. The molecule has 0 aliphatic heterocycles. The molecule has 20 heavy (non-hydrogen) atoms. The van der Waals surface area contributed by atoms with Gasteiger partial charge in [0.2, 0.25) is 0 Å². The first-order valence-electron chi connectivity index (χ1n) is 6.44. The van der Waals surface area contributed by atoms with Crippen molar-refractivity contribution in [1.29, 1.82) is 0 Å². The third-order valence-electron chi connectivity index (χ3n) is 3.33. The molecule has 1 aromatic rings. The number of rotatable bonds is 6. The number of carbonyl (C=O) groups excluding carboxylic acids is 1. The van der Waals surface area contributed by atoms with Gasteiger partial charge in [-0.3, -0.25) is 4.79 Å². The monoisotopic (exact) mass is 299 g/mol. The number of halogens is 1. The quantitative estimate of drug-likeness (QED) is 0.841.